The summed E-state index contributed by atoms with van der Waals surface area (Å²) < 4.78 is 10.2. The van der Waals surface area contributed by atoms with Crippen LogP contribution in [0.15, 0.2) is 53.2 Å². The molecule has 0 radical (unpaired) electrons. The van der Waals surface area contributed by atoms with Crippen LogP contribution in [0.1, 0.15) is 5.56 Å². The van der Waals surface area contributed by atoms with E-state index in [4.69, 9.17) is 4.42 Å². The summed E-state index contributed by atoms with van der Waals surface area (Å²) in [7, 11) is 0. The molecule has 19 heavy (non-hydrogen) atoms. The van der Waals surface area contributed by atoms with Crippen molar-refractivity contribution < 1.29 is 8.98 Å². The summed E-state index contributed by atoms with van der Waals surface area (Å²) in [5.74, 6) is 1.18. The number of hydrogen-bond donors (Lipinski definition) is 0. The Bertz CT molecular complexity index is 949. The van der Waals surface area contributed by atoms with Gasteiger partial charge in [-0.25, -0.2) is 9.55 Å². The molecule has 3 aromatic heterocycles. The van der Waals surface area contributed by atoms with E-state index in [1.54, 1.807) is 6.20 Å². The molecule has 5 rings (SSSR count). The van der Waals surface area contributed by atoms with Crippen LogP contribution in [0.5, 0.6) is 0 Å². The summed E-state index contributed by atoms with van der Waals surface area (Å²) >= 11 is 0. The highest BCUT2D eigenvalue weighted by Crippen LogP contribution is 2.31. The van der Waals surface area contributed by atoms with Crippen molar-refractivity contribution >= 4 is 16.9 Å². The van der Waals surface area contributed by atoms with Gasteiger partial charge in [-0.05, 0) is 18.2 Å². The van der Waals surface area contributed by atoms with E-state index in [1.807, 2.05) is 12.1 Å². The van der Waals surface area contributed by atoms with Gasteiger partial charge in [0.05, 0.1) is 5.56 Å². The third-order valence-electron chi connectivity index (χ3n) is 3.76. The van der Waals surface area contributed by atoms with E-state index in [2.05, 4.69) is 44.4 Å². The maximum absolute atomic E-state index is 5.80. The van der Waals surface area contributed by atoms with Crippen LogP contribution < -0.4 is 4.57 Å². The van der Waals surface area contributed by atoms with E-state index in [0.717, 1.165) is 17.8 Å². The molecule has 4 aromatic rings. The zero-order valence-corrected chi connectivity index (χ0v) is 10.1. The van der Waals surface area contributed by atoms with Crippen LogP contribution in [0.4, 0.5) is 0 Å². The van der Waals surface area contributed by atoms with Crippen LogP contribution in [0, 0.1) is 0 Å². The minimum atomic E-state index is 0.685. The van der Waals surface area contributed by atoms with E-state index >= 15 is 0 Å². The van der Waals surface area contributed by atoms with Crippen molar-refractivity contribution in [3.05, 3.63) is 54.4 Å². The monoisotopic (exact) mass is 248 g/mol. The Hall–Kier alpha value is -2.62. The maximum Gasteiger partial charge on any atom is 0.337 e. The van der Waals surface area contributed by atoms with Crippen molar-refractivity contribution in [2.75, 3.05) is 0 Å². The molecule has 1 aliphatic heterocycles. The largest absolute Gasteiger partial charge is 0.396 e. The molecule has 90 valence electrons. The summed E-state index contributed by atoms with van der Waals surface area (Å²) in [5.41, 5.74) is 5.17. The van der Waals surface area contributed by atoms with Crippen molar-refractivity contribution in [1.82, 2.24) is 9.38 Å². The third kappa shape index (κ3) is 1.04. The summed E-state index contributed by atoms with van der Waals surface area (Å²) in [6.07, 6.45) is 3.81. The van der Waals surface area contributed by atoms with Crippen molar-refractivity contribution in [1.29, 1.82) is 0 Å². The number of pyridine rings is 1. The molecule has 0 spiro atoms. The molecule has 0 bridgehead atoms. The van der Waals surface area contributed by atoms with Gasteiger partial charge in [0.25, 0.3) is 11.5 Å². The number of fused-ring (bicyclic) bond motifs is 7. The highest BCUT2D eigenvalue weighted by molar-refractivity contribution is 5.77. The summed E-state index contributed by atoms with van der Waals surface area (Å²) in [6, 6.07) is 12.5. The highest BCUT2D eigenvalue weighted by atomic mass is 16.4. The standard InChI is InChI=1S/C15H10N3O/c1-2-5-11-10(4-1)8-17-9-13-18(15(11)17)12-6-3-7-16-14(12)19-13/h1-7,9H,8H2/q+1. The zero-order valence-electron chi connectivity index (χ0n) is 10.1. The van der Waals surface area contributed by atoms with E-state index < -0.39 is 0 Å². The van der Waals surface area contributed by atoms with Crippen LogP contribution in [0.3, 0.4) is 0 Å². The third-order valence-corrected chi connectivity index (χ3v) is 3.76. The van der Waals surface area contributed by atoms with Crippen LogP contribution in [-0.2, 0) is 6.54 Å². The molecule has 4 nitrogen and oxygen atoms in total. The fourth-order valence-electron chi connectivity index (χ4n) is 2.98. The lowest BCUT2D eigenvalue weighted by Crippen LogP contribution is -2.29. The Morgan fingerprint density at radius 1 is 1.16 bits per heavy atom. The molecular weight excluding hydrogens is 238 g/mol. The van der Waals surface area contributed by atoms with Crippen LogP contribution in [-0.4, -0.2) is 9.38 Å². The van der Waals surface area contributed by atoms with Crippen LogP contribution in [0.25, 0.3) is 28.3 Å². The fourth-order valence-corrected chi connectivity index (χ4v) is 2.98. The number of nitrogens with zero attached hydrogens (tertiary/aromatic N) is 3. The molecule has 1 aliphatic rings. The minimum Gasteiger partial charge on any atom is -0.396 e. The van der Waals surface area contributed by atoms with Crippen LogP contribution in [0.2, 0.25) is 0 Å². The molecule has 4 heteroatoms. The first kappa shape index (κ1) is 9.33. The van der Waals surface area contributed by atoms with Gasteiger partial charge in [-0.2, -0.15) is 4.40 Å². The zero-order chi connectivity index (χ0) is 12.4. The average molecular weight is 248 g/mol. The fraction of sp³-hybridized carbons (Fsp3) is 0.0667. The van der Waals surface area contributed by atoms with Crippen molar-refractivity contribution in [3.63, 3.8) is 0 Å². The van der Waals surface area contributed by atoms with Crippen molar-refractivity contribution in [2.24, 2.45) is 0 Å². The first-order valence-corrected chi connectivity index (χ1v) is 6.28. The predicted octanol–water partition coefficient (Wildman–Crippen LogP) is 2.40. The number of rotatable bonds is 0. The second-order valence-electron chi connectivity index (χ2n) is 4.84. The Morgan fingerprint density at radius 3 is 3.11 bits per heavy atom. The molecule has 4 heterocycles. The molecule has 0 unspecified atom stereocenters. The van der Waals surface area contributed by atoms with Gasteiger partial charge >= 0.3 is 5.71 Å². The molecule has 0 atom stereocenters. The lowest BCUT2D eigenvalue weighted by molar-refractivity contribution is -0.670. The quantitative estimate of drug-likeness (QED) is 0.394. The summed E-state index contributed by atoms with van der Waals surface area (Å²) in [4.78, 5) is 4.28. The molecule has 0 fully saturated rings. The minimum absolute atomic E-state index is 0.685. The Labute approximate surface area is 108 Å². The average Bonchev–Trinajstić information content (AvgIpc) is 3.04. The number of aromatic nitrogens is 3. The summed E-state index contributed by atoms with van der Waals surface area (Å²) in [5, 5.41) is 0. The maximum atomic E-state index is 5.80. The summed E-state index contributed by atoms with van der Waals surface area (Å²) in [6.45, 7) is 0.907. The first-order chi connectivity index (χ1) is 9.42. The van der Waals surface area contributed by atoms with Crippen molar-refractivity contribution in [2.45, 2.75) is 6.54 Å². The van der Waals surface area contributed by atoms with Gasteiger partial charge in [-0.3, -0.25) is 0 Å². The van der Waals surface area contributed by atoms with Gasteiger partial charge in [0.15, 0.2) is 11.7 Å². The smallest absolute Gasteiger partial charge is 0.337 e. The topological polar surface area (TPSA) is 34.3 Å². The van der Waals surface area contributed by atoms with Gasteiger partial charge in [0.2, 0.25) is 0 Å². The van der Waals surface area contributed by atoms with Crippen molar-refractivity contribution in [3.8, 4) is 11.4 Å². The van der Waals surface area contributed by atoms with Gasteiger partial charge in [0.1, 0.15) is 6.54 Å². The normalized spacial score (nSPS) is 13.1. The number of benzene rings is 1. The molecule has 0 aliphatic carbocycles. The Kier molecular flexibility index (Phi) is 1.49. The van der Waals surface area contributed by atoms with Gasteiger partial charge in [-0.1, -0.05) is 18.2 Å². The second-order valence-corrected chi connectivity index (χ2v) is 4.84. The van der Waals surface area contributed by atoms with Gasteiger partial charge in [0, 0.05) is 11.8 Å². The molecule has 0 saturated heterocycles. The van der Waals surface area contributed by atoms with E-state index in [-0.39, 0.29) is 0 Å². The Balaban J connectivity index is 2.00. The van der Waals surface area contributed by atoms with E-state index in [0.29, 0.717) is 5.71 Å². The Morgan fingerprint density at radius 2 is 2.11 bits per heavy atom. The molecule has 0 N–H and O–H groups in total. The lowest BCUT2D eigenvalue weighted by atomic mass is 10.1. The molecule has 0 amide bonds. The van der Waals surface area contributed by atoms with Gasteiger partial charge < -0.3 is 4.42 Å². The predicted molar refractivity (Wildman–Crippen MR) is 69.7 cm³/mol. The number of hydrogen-bond acceptors (Lipinski definition) is 2. The van der Waals surface area contributed by atoms with Crippen LogP contribution >= 0.6 is 0 Å². The number of oxazole rings is 1. The first-order valence-electron chi connectivity index (χ1n) is 6.28. The second kappa shape index (κ2) is 3.03. The van der Waals surface area contributed by atoms with E-state index in [9.17, 15) is 0 Å². The molecule has 0 saturated carbocycles. The SMILES string of the molecule is c1ccc2c(c1)C[n+]1cc3oc4ncccc4n3c1-2. The van der Waals surface area contributed by atoms with Gasteiger partial charge in [-0.15, -0.1) is 0 Å². The number of imidazole rings is 1. The lowest BCUT2D eigenvalue weighted by Gasteiger charge is -1.92. The molecule has 1 aromatic carbocycles. The molecular formula is C15H10N3O+. The highest BCUT2D eigenvalue weighted by Gasteiger charge is 2.32. The van der Waals surface area contributed by atoms with E-state index in [1.165, 1.54) is 17.0 Å².